The molecule has 0 amide bonds. The zero-order chi connectivity index (χ0) is 28.9. The van der Waals surface area contributed by atoms with Gasteiger partial charge in [-0.2, -0.15) is 0 Å². The van der Waals surface area contributed by atoms with Gasteiger partial charge in [0.2, 0.25) is 0 Å². The molecule has 4 rings (SSSR count). The number of nitrogens with zero attached hydrogens (tertiary/aromatic N) is 1. The zero-order valence-corrected chi connectivity index (χ0v) is 23.8. The number of hydrogen-bond donors (Lipinski definition) is 0. The van der Waals surface area contributed by atoms with Gasteiger partial charge in [0.15, 0.2) is 0 Å². The molecule has 1 aromatic heterocycles. The van der Waals surface area contributed by atoms with E-state index in [0.717, 1.165) is 33.2 Å². The lowest BCUT2D eigenvalue weighted by Crippen LogP contribution is -2.11. The van der Waals surface area contributed by atoms with E-state index in [9.17, 15) is 17.6 Å². The van der Waals surface area contributed by atoms with Crippen molar-refractivity contribution in [2.45, 2.75) is 27.2 Å². The normalized spacial score (nSPS) is 11.7. The van der Waals surface area contributed by atoms with Gasteiger partial charge in [0.1, 0.15) is 21.4 Å². The number of carbonyl (C=O) groups excluding carboxylic acids is 1. The highest BCUT2D eigenvalue weighted by Crippen LogP contribution is 2.34. The fourth-order valence-electron chi connectivity index (χ4n) is 4.59. The van der Waals surface area contributed by atoms with Gasteiger partial charge in [0, 0.05) is 34.4 Å². The minimum absolute atomic E-state index is 0.120. The van der Waals surface area contributed by atoms with E-state index in [2.05, 4.69) is 10.8 Å². The van der Waals surface area contributed by atoms with Gasteiger partial charge in [0.05, 0.1) is 30.7 Å². The third-order valence-corrected chi connectivity index (χ3v) is 8.46. The smallest absolute Gasteiger partial charge is 0.330 e. The maximum absolute atomic E-state index is 14.7. The minimum atomic E-state index is -3.00. The second-order valence-electron chi connectivity index (χ2n) is 9.57. The Morgan fingerprint density at radius 1 is 1.00 bits per heavy atom. The molecule has 6 nitrogen and oxygen atoms in total. The summed E-state index contributed by atoms with van der Waals surface area (Å²) in [5, 5.41) is 0.750. The molecular formula is C32H32FNO5S. The standard InChI is InChI=1S/C32H32FNO5S/c1-5-40(36,37)15-7-14-39-27-16-21(2)32(22(3)17-27)26-9-6-8-24(19-26)29-12-10-25-18-23(11-13-31(35)38-4)28(33)20-30(25)34-29/h6,8-13,16-20H,5,7,14-15H2,1-4H3/b13-11+. The molecule has 0 unspecified atom stereocenters. The molecule has 0 fully saturated rings. The van der Waals surface area contributed by atoms with Crippen LogP contribution in [0.5, 0.6) is 5.75 Å². The Morgan fingerprint density at radius 2 is 1.73 bits per heavy atom. The van der Waals surface area contributed by atoms with Crippen LogP contribution in [0.4, 0.5) is 4.39 Å². The summed E-state index contributed by atoms with van der Waals surface area (Å²) in [7, 11) is -1.74. The van der Waals surface area contributed by atoms with Gasteiger partial charge in [-0.15, -0.1) is 0 Å². The highest BCUT2D eigenvalue weighted by Gasteiger charge is 2.12. The number of methoxy groups -OCH3 is 1. The molecule has 0 bridgehead atoms. The predicted octanol–water partition coefficient (Wildman–Crippen LogP) is 6.71. The molecular weight excluding hydrogens is 529 g/mol. The number of ether oxygens (including phenoxy) is 2. The Kier molecular flexibility index (Phi) is 9.00. The van der Waals surface area contributed by atoms with Crippen LogP contribution in [-0.4, -0.2) is 44.6 Å². The molecule has 4 aromatic rings. The number of benzene rings is 3. The van der Waals surface area contributed by atoms with Gasteiger partial charge in [-0.25, -0.2) is 22.6 Å². The average molecular weight is 562 g/mol. The molecule has 0 saturated carbocycles. The first-order valence-electron chi connectivity index (χ1n) is 13.0. The number of aromatic nitrogens is 1. The lowest BCUT2D eigenvalue weighted by molar-refractivity contribution is -0.134. The number of sulfone groups is 1. The Bertz CT molecular complexity index is 1670. The van der Waals surface area contributed by atoms with Crippen LogP contribution in [0, 0.1) is 19.7 Å². The maximum atomic E-state index is 14.7. The van der Waals surface area contributed by atoms with Crippen molar-refractivity contribution in [3.8, 4) is 28.1 Å². The Labute approximate surface area is 234 Å². The van der Waals surface area contributed by atoms with Crippen molar-refractivity contribution in [1.29, 1.82) is 0 Å². The lowest BCUT2D eigenvalue weighted by atomic mass is 9.93. The van der Waals surface area contributed by atoms with Crippen molar-refractivity contribution in [1.82, 2.24) is 4.98 Å². The second-order valence-corrected chi connectivity index (χ2v) is 12.0. The first-order chi connectivity index (χ1) is 19.1. The molecule has 0 N–H and O–H groups in total. The topological polar surface area (TPSA) is 82.6 Å². The van der Waals surface area contributed by atoms with Crippen molar-refractivity contribution >= 4 is 32.8 Å². The van der Waals surface area contributed by atoms with E-state index in [0.29, 0.717) is 30.0 Å². The van der Waals surface area contributed by atoms with Gasteiger partial charge in [0.25, 0.3) is 0 Å². The van der Waals surface area contributed by atoms with E-state index in [1.54, 1.807) is 13.0 Å². The van der Waals surface area contributed by atoms with Gasteiger partial charge >= 0.3 is 5.97 Å². The summed E-state index contributed by atoms with van der Waals surface area (Å²) in [4.78, 5) is 16.1. The van der Waals surface area contributed by atoms with Crippen molar-refractivity contribution < 1.29 is 27.1 Å². The summed E-state index contributed by atoms with van der Waals surface area (Å²) >= 11 is 0. The van der Waals surface area contributed by atoms with Crippen molar-refractivity contribution in [2.24, 2.45) is 0 Å². The molecule has 40 heavy (non-hydrogen) atoms. The summed E-state index contributed by atoms with van der Waals surface area (Å²) in [6.07, 6.45) is 3.02. The lowest BCUT2D eigenvalue weighted by Gasteiger charge is -2.15. The van der Waals surface area contributed by atoms with Crippen LogP contribution in [0.15, 0.2) is 66.7 Å². The molecule has 0 radical (unpaired) electrons. The summed E-state index contributed by atoms with van der Waals surface area (Å²) in [5.41, 5.74) is 6.56. The third kappa shape index (κ3) is 6.93. The summed E-state index contributed by atoms with van der Waals surface area (Å²) in [5.74, 6) is -0.0632. The largest absolute Gasteiger partial charge is 0.494 e. The monoisotopic (exact) mass is 561 g/mol. The Morgan fingerprint density at radius 3 is 2.42 bits per heavy atom. The number of hydrogen-bond acceptors (Lipinski definition) is 6. The molecule has 0 spiro atoms. The fraction of sp³-hybridized carbons (Fsp3) is 0.250. The molecule has 0 saturated heterocycles. The van der Waals surface area contributed by atoms with Gasteiger partial charge in [-0.3, -0.25) is 0 Å². The van der Waals surface area contributed by atoms with E-state index >= 15 is 0 Å². The third-order valence-electron chi connectivity index (χ3n) is 6.67. The second kappa shape index (κ2) is 12.4. The van der Waals surface area contributed by atoms with Gasteiger partial charge in [-0.05, 0) is 78.9 Å². The number of rotatable bonds is 10. The van der Waals surface area contributed by atoms with Gasteiger partial charge < -0.3 is 9.47 Å². The van der Waals surface area contributed by atoms with E-state index in [1.165, 1.54) is 25.3 Å². The summed E-state index contributed by atoms with van der Waals surface area (Å²) < 4.78 is 48.5. The van der Waals surface area contributed by atoms with Crippen LogP contribution < -0.4 is 4.74 Å². The molecule has 0 aliphatic heterocycles. The molecule has 0 atom stereocenters. The highest BCUT2D eigenvalue weighted by atomic mass is 32.2. The van der Waals surface area contributed by atoms with Crippen molar-refractivity contribution in [2.75, 3.05) is 25.2 Å². The van der Waals surface area contributed by atoms with E-state index < -0.39 is 21.6 Å². The Hall–Kier alpha value is -4.04. The van der Waals surface area contributed by atoms with E-state index in [-0.39, 0.29) is 17.1 Å². The highest BCUT2D eigenvalue weighted by molar-refractivity contribution is 7.91. The number of aryl methyl sites for hydroxylation is 2. The zero-order valence-electron chi connectivity index (χ0n) is 23.0. The Balaban J connectivity index is 1.57. The van der Waals surface area contributed by atoms with Crippen LogP contribution in [-0.2, 0) is 19.4 Å². The van der Waals surface area contributed by atoms with E-state index in [1.807, 2.05) is 56.3 Å². The molecule has 0 aliphatic carbocycles. The molecule has 8 heteroatoms. The van der Waals surface area contributed by atoms with Crippen LogP contribution in [0.2, 0.25) is 0 Å². The fourth-order valence-corrected chi connectivity index (χ4v) is 5.43. The number of fused-ring (bicyclic) bond motifs is 1. The van der Waals surface area contributed by atoms with Crippen molar-refractivity contribution in [3.05, 3.63) is 89.2 Å². The number of carbonyl (C=O) groups is 1. The number of pyridine rings is 1. The summed E-state index contributed by atoms with van der Waals surface area (Å²) in [6.45, 7) is 6.03. The quantitative estimate of drug-likeness (QED) is 0.122. The molecule has 1 heterocycles. The van der Waals surface area contributed by atoms with Crippen LogP contribution in [0.25, 0.3) is 39.4 Å². The number of esters is 1. The van der Waals surface area contributed by atoms with Crippen LogP contribution in [0.1, 0.15) is 30.0 Å². The van der Waals surface area contributed by atoms with Crippen molar-refractivity contribution in [3.63, 3.8) is 0 Å². The molecule has 3 aromatic carbocycles. The SMILES string of the molecule is CCS(=O)(=O)CCCOc1cc(C)c(-c2cccc(-c3ccc4cc(/C=C/C(=O)OC)c(F)cc4n3)c2)c(C)c1. The number of halogens is 1. The minimum Gasteiger partial charge on any atom is -0.494 e. The van der Waals surface area contributed by atoms with Crippen LogP contribution in [0.3, 0.4) is 0 Å². The molecule has 0 aliphatic rings. The maximum Gasteiger partial charge on any atom is 0.330 e. The molecule has 208 valence electrons. The average Bonchev–Trinajstić information content (AvgIpc) is 2.93. The predicted molar refractivity (Wildman–Crippen MR) is 158 cm³/mol. The first-order valence-corrected chi connectivity index (χ1v) is 14.8. The first kappa shape index (κ1) is 29.0. The summed E-state index contributed by atoms with van der Waals surface area (Å²) in [6, 6.07) is 18.7. The van der Waals surface area contributed by atoms with E-state index in [4.69, 9.17) is 9.72 Å². The van der Waals surface area contributed by atoms with Crippen LogP contribution >= 0.6 is 0 Å². The van der Waals surface area contributed by atoms with Gasteiger partial charge in [-0.1, -0.05) is 31.2 Å².